The molecule has 4 heterocycles. The number of rotatable bonds is 6. The summed E-state index contributed by atoms with van der Waals surface area (Å²) in [5, 5.41) is 3.35. The number of anilines is 2. The normalized spacial score (nSPS) is 11.6. The molecular formula is C25H23N7O2S. The molecule has 0 amide bonds. The number of aromatic nitrogens is 6. The van der Waals surface area contributed by atoms with Gasteiger partial charge in [-0.05, 0) is 61.7 Å². The van der Waals surface area contributed by atoms with Gasteiger partial charge in [0.2, 0.25) is 0 Å². The molecule has 0 unspecified atom stereocenters. The van der Waals surface area contributed by atoms with E-state index in [1.165, 1.54) is 6.26 Å². The maximum absolute atomic E-state index is 11.8. The second-order valence-corrected chi connectivity index (χ2v) is 10.4. The third-order valence-corrected chi connectivity index (χ3v) is 6.66. The van der Waals surface area contributed by atoms with E-state index in [0.717, 1.165) is 33.6 Å². The molecule has 0 radical (unpaired) electrons. The van der Waals surface area contributed by atoms with Crippen molar-refractivity contribution >= 4 is 32.5 Å². The summed E-state index contributed by atoms with van der Waals surface area (Å²) in [6.07, 6.45) is 6.94. The Bertz CT molecular complexity index is 1630. The van der Waals surface area contributed by atoms with Crippen molar-refractivity contribution in [2.75, 3.05) is 11.6 Å². The zero-order valence-electron chi connectivity index (χ0n) is 19.4. The highest BCUT2D eigenvalue weighted by Crippen LogP contribution is 2.32. The second-order valence-electron chi connectivity index (χ2n) is 8.37. The minimum Gasteiger partial charge on any atom is -0.341 e. The molecule has 0 saturated heterocycles. The first-order chi connectivity index (χ1) is 16.8. The number of aryl methyl sites for hydroxylation is 2. The third-order valence-electron chi connectivity index (χ3n) is 5.53. The minimum atomic E-state index is -3.24. The first kappa shape index (κ1) is 22.6. The summed E-state index contributed by atoms with van der Waals surface area (Å²) >= 11 is 0. The van der Waals surface area contributed by atoms with Crippen molar-refractivity contribution in [3.63, 3.8) is 0 Å². The Morgan fingerprint density at radius 1 is 0.914 bits per heavy atom. The smallest absolute Gasteiger partial charge is 0.181 e. The summed E-state index contributed by atoms with van der Waals surface area (Å²) in [6.45, 7) is 3.76. The molecule has 35 heavy (non-hydrogen) atoms. The lowest BCUT2D eigenvalue weighted by molar-refractivity contribution is 0.602. The van der Waals surface area contributed by atoms with Gasteiger partial charge in [0.1, 0.15) is 22.9 Å². The molecule has 0 spiro atoms. The van der Waals surface area contributed by atoms with Gasteiger partial charge >= 0.3 is 0 Å². The number of pyridine rings is 2. The molecule has 0 bridgehead atoms. The first-order valence-corrected chi connectivity index (χ1v) is 12.8. The Morgan fingerprint density at radius 2 is 1.71 bits per heavy atom. The van der Waals surface area contributed by atoms with Gasteiger partial charge in [-0.3, -0.25) is 4.98 Å². The zero-order valence-corrected chi connectivity index (χ0v) is 20.3. The molecule has 0 aliphatic heterocycles. The number of nitrogens with one attached hydrogen (secondary N) is 2. The molecule has 2 N–H and O–H groups in total. The molecule has 5 rings (SSSR count). The van der Waals surface area contributed by atoms with Gasteiger partial charge in [0.15, 0.2) is 15.5 Å². The van der Waals surface area contributed by atoms with Crippen LogP contribution in [0.5, 0.6) is 0 Å². The highest BCUT2D eigenvalue weighted by Gasteiger charge is 2.17. The van der Waals surface area contributed by atoms with Gasteiger partial charge in [0.25, 0.3) is 0 Å². The Hall–Kier alpha value is -4.18. The van der Waals surface area contributed by atoms with Crippen LogP contribution in [0.3, 0.4) is 0 Å². The number of fused-ring (bicyclic) bond motifs is 1. The van der Waals surface area contributed by atoms with E-state index in [1.54, 1.807) is 30.9 Å². The topological polar surface area (TPSA) is 126 Å². The molecule has 1 aromatic carbocycles. The predicted octanol–water partition coefficient (Wildman–Crippen LogP) is 4.16. The fourth-order valence-electron chi connectivity index (χ4n) is 3.79. The molecule has 0 saturated carbocycles. The van der Waals surface area contributed by atoms with Gasteiger partial charge < -0.3 is 10.3 Å². The number of aromatic amines is 1. The van der Waals surface area contributed by atoms with Crippen LogP contribution in [0.4, 0.5) is 11.5 Å². The van der Waals surface area contributed by atoms with Gasteiger partial charge in [0.05, 0.1) is 23.1 Å². The number of sulfone groups is 1. The molecule has 0 fully saturated rings. The predicted molar refractivity (Wildman–Crippen MR) is 134 cm³/mol. The summed E-state index contributed by atoms with van der Waals surface area (Å²) in [7, 11) is -3.24. The highest BCUT2D eigenvalue weighted by atomic mass is 32.2. The first-order valence-electron chi connectivity index (χ1n) is 10.9. The lowest BCUT2D eigenvalue weighted by atomic mass is 10.0. The van der Waals surface area contributed by atoms with Crippen LogP contribution in [-0.2, 0) is 16.3 Å². The maximum Gasteiger partial charge on any atom is 0.181 e. The summed E-state index contributed by atoms with van der Waals surface area (Å²) in [6, 6.07) is 12.8. The largest absolute Gasteiger partial charge is 0.341 e. The van der Waals surface area contributed by atoms with Crippen molar-refractivity contribution in [1.29, 1.82) is 0 Å². The van der Waals surface area contributed by atoms with Crippen LogP contribution in [0.25, 0.3) is 22.4 Å². The SMILES string of the molecule is Cc1ccc(Nc2ncc(Cc3ccc(S(C)(=O)=O)cc3)cc2-c2nc(C)nc3nc[nH]c23)cn1. The van der Waals surface area contributed by atoms with E-state index in [9.17, 15) is 8.42 Å². The number of H-pyrrole nitrogens is 1. The number of imidazole rings is 1. The molecule has 0 aliphatic carbocycles. The van der Waals surface area contributed by atoms with E-state index in [-0.39, 0.29) is 0 Å². The highest BCUT2D eigenvalue weighted by molar-refractivity contribution is 7.90. The lowest BCUT2D eigenvalue weighted by Crippen LogP contribution is -2.02. The third kappa shape index (κ3) is 4.87. The molecule has 5 aromatic rings. The molecule has 10 heteroatoms. The van der Waals surface area contributed by atoms with E-state index < -0.39 is 9.84 Å². The van der Waals surface area contributed by atoms with Gasteiger partial charge in [-0.25, -0.2) is 28.4 Å². The molecular weight excluding hydrogens is 462 g/mol. The molecule has 0 aliphatic rings. The van der Waals surface area contributed by atoms with E-state index in [1.807, 2.05) is 44.2 Å². The number of hydrogen-bond acceptors (Lipinski definition) is 8. The number of hydrogen-bond donors (Lipinski definition) is 2. The van der Waals surface area contributed by atoms with Crippen LogP contribution in [0, 0.1) is 13.8 Å². The van der Waals surface area contributed by atoms with E-state index in [4.69, 9.17) is 9.97 Å². The Kier molecular flexibility index (Phi) is 5.73. The Labute approximate surface area is 202 Å². The van der Waals surface area contributed by atoms with Crippen LogP contribution >= 0.6 is 0 Å². The van der Waals surface area contributed by atoms with Crippen molar-refractivity contribution < 1.29 is 8.42 Å². The van der Waals surface area contributed by atoms with Crippen molar-refractivity contribution in [2.45, 2.75) is 25.2 Å². The standard InChI is InChI=1S/C25H23N7O2S/c1-15-4-7-19(13-26-15)32-24-21(22-23-25(29-14-28-23)31-16(2)30-22)11-18(12-27-24)10-17-5-8-20(9-6-17)35(3,33)34/h4-9,11-14H,10H2,1-3H3,(H,27,32)(H,28,29,30,31). The van der Waals surface area contributed by atoms with Crippen molar-refractivity contribution in [3.05, 3.63) is 83.8 Å². The average Bonchev–Trinajstić information content (AvgIpc) is 3.29. The second kappa shape index (κ2) is 8.88. The molecule has 4 aromatic heterocycles. The molecule has 9 nitrogen and oxygen atoms in total. The number of nitrogens with zero attached hydrogens (tertiary/aromatic N) is 5. The zero-order chi connectivity index (χ0) is 24.6. The van der Waals surface area contributed by atoms with Crippen LogP contribution in [0.1, 0.15) is 22.6 Å². The van der Waals surface area contributed by atoms with E-state index in [0.29, 0.717) is 34.3 Å². The summed E-state index contributed by atoms with van der Waals surface area (Å²) in [5.74, 6) is 1.23. The summed E-state index contributed by atoms with van der Waals surface area (Å²) < 4.78 is 23.6. The van der Waals surface area contributed by atoms with E-state index >= 15 is 0 Å². The minimum absolute atomic E-state index is 0.296. The fraction of sp³-hybridized carbons (Fsp3) is 0.160. The van der Waals surface area contributed by atoms with Gasteiger partial charge in [-0.2, -0.15) is 0 Å². The molecule has 0 atom stereocenters. The van der Waals surface area contributed by atoms with Crippen LogP contribution in [0.2, 0.25) is 0 Å². The maximum atomic E-state index is 11.8. The summed E-state index contributed by atoms with van der Waals surface area (Å²) in [4.78, 5) is 25.9. The number of benzene rings is 1. The van der Waals surface area contributed by atoms with Crippen molar-refractivity contribution in [1.82, 2.24) is 29.9 Å². The van der Waals surface area contributed by atoms with E-state index in [2.05, 4.69) is 25.3 Å². The van der Waals surface area contributed by atoms with Gasteiger partial charge in [-0.15, -0.1) is 0 Å². The fourth-order valence-corrected chi connectivity index (χ4v) is 4.42. The monoisotopic (exact) mass is 485 g/mol. The average molecular weight is 486 g/mol. The van der Waals surface area contributed by atoms with Gasteiger partial charge in [0, 0.05) is 23.7 Å². The quantitative estimate of drug-likeness (QED) is 0.367. The van der Waals surface area contributed by atoms with Crippen LogP contribution < -0.4 is 5.32 Å². The van der Waals surface area contributed by atoms with Gasteiger partial charge in [-0.1, -0.05) is 12.1 Å². The molecule has 176 valence electrons. The lowest BCUT2D eigenvalue weighted by Gasteiger charge is -2.14. The Morgan fingerprint density at radius 3 is 2.43 bits per heavy atom. The van der Waals surface area contributed by atoms with Crippen LogP contribution in [-0.4, -0.2) is 44.6 Å². The van der Waals surface area contributed by atoms with Crippen molar-refractivity contribution in [3.8, 4) is 11.3 Å². The Balaban J connectivity index is 1.58. The van der Waals surface area contributed by atoms with Crippen LogP contribution in [0.15, 0.2) is 66.1 Å². The van der Waals surface area contributed by atoms with Crippen molar-refractivity contribution in [2.24, 2.45) is 0 Å². The summed E-state index contributed by atoms with van der Waals surface area (Å²) in [5.41, 5.74) is 6.42.